The molecule has 0 fully saturated rings. The molecule has 0 aliphatic rings. The summed E-state index contributed by atoms with van der Waals surface area (Å²) in [5.74, 6) is 0.474. The van der Waals surface area contributed by atoms with E-state index in [0.717, 1.165) is 0 Å². The standard InChI is InChI=1S/C15H15FN4O3/c1-10-6-14(22)20-15(17-9-18-20)19(10)7-12(21)8-23-13-4-2-11(16)3-5-13/h2-6,9,12,21H,7-8H2,1H3. The lowest BCUT2D eigenvalue weighted by Gasteiger charge is -2.16. The fraction of sp³-hybridized carbons (Fsp3) is 0.267. The molecule has 2 aromatic heterocycles. The van der Waals surface area contributed by atoms with Crippen molar-refractivity contribution in [1.82, 2.24) is 19.2 Å². The summed E-state index contributed by atoms with van der Waals surface area (Å²) in [6.45, 7) is 1.97. The Hall–Kier alpha value is -2.74. The first-order valence-electron chi connectivity index (χ1n) is 7.01. The molecule has 120 valence electrons. The largest absolute Gasteiger partial charge is 0.491 e. The van der Waals surface area contributed by atoms with Crippen molar-refractivity contribution in [1.29, 1.82) is 0 Å². The monoisotopic (exact) mass is 318 g/mol. The first kappa shape index (κ1) is 15.2. The molecule has 8 heteroatoms. The van der Waals surface area contributed by atoms with Gasteiger partial charge in [0, 0.05) is 11.8 Å². The summed E-state index contributed by atoms with van der Waals surface area (Å²) in [5.41, 5.74) is 0.389. The number of aryl methyl sites for hydroxylation is 1. The molecule has 3 aromatic rings. The normalized spacial score (nSPS) is 12.5. The minimum atomic E-state index is -0.832. The second-order valence-electron chi connectivity index (χ2n) is 5.13. The van der Waals surface area contributed by atoms with Crippen LogP contribution in [0.3, 0.4) is 0 Å². The van der Waals surface area contributed by atoms with E-state index in [1.807, 2.05) is 0 Å². The molecule has 23 heavy (non-hydrogen) atoms. The van der Waals surface area contributed by atoms with Crippen LogP contribution in [-0.4, -0.2) is 37.0 Å². The van der Waals surface area contributed by atoms with E-state index < -0.39 is 6.10 Å². The summed E-state index contributed by atoms with van der Waals surface area (Å²) in [5, 5.41) is 14.0. The number of benzene rings is 1. The molecule has 0 saturated carbocycles. The molecule has 0 amide bonds. The summed E-state index contributed by atoms with van der Waals surface area (Å²) in [6, 6.07) is 6.97. The summed E-state index contributed by atoms with van der Waals surface area (Å²) in [6.07, 6.45) is 0.454. The number of aliphatic hydroxyl groups excluding tert-OH is 1. The molecular formula is C15H15FN4O3. The lowest BCUT2D eigenvalue weighted by Crippen LogP contribution is -2.28. The van der Waals surface area contributed by atoms with Gasteiger partial charge in [-0.3, -0.25) is 4.79 Å². The number of hydrogen-bond acceptors (Lipinski definition) is 5. The number of nitrogens with zero attached hydrogens (tertiary/aromatic N) is 4. The van der Waals surface area contributed by atoms with Crippen LogP contribution in [0.2, 0.25) is 0 Å². The lowest BCUT2D eigenvalue weighted by atomic mass is 10.3. The molecule has 1 N–H and O–H groups in total. The topological polar surface area (TPSA) is 81.7 Å². The molecule has 0 bridgehead atoms. The van der Waals surface area contributed by atoms with Gasteiger partial charge in [-0.1, -0.05) is 0 Å². The van der Waals surface area contributed by atoms with Crippen molar-refractivity contribution < 1.29 is 14.2 Å². The van der Waals surface area contributed by atoms with E-state index in [1.54, 1.807) is 11.5 Å². The third kappa shape index (κ3) is 3.21. The Kier molecular flexibility index (Phi) is 4.07. The zero-order chi connectivity index (χ0) is 16.4. The predicted molar refractivity (Wildman–Crippen MR) is 79.9 cm³/mol. The third-order valence-corrected chi connectivity index (χ3v) is 3.39. The predicted octanol–water partition coefficient (Wildman–Crippen LogP) is 0.778. The zero-order valence-electron chi connectivity index (χ0n) is 12.4. The maximum absolute atomic E-state index is 12.8. The first-order valence-corrected chi connectivity index (χ1v) is 7.01. The van der Waals surface area contributed by atoms with Crippen molar-refractivity contribution >= 4 is 5.78 Å². The summed E-state index contributed by atoms with van der Waals surface area (Å²) in [7, 11) is 0. The van der Waals surface area contributed by atoms with Gasteiger partial charge in [0.05, 0.1) is 6.54 Å². The second-order valence-corrected chi connectivity index (χ2v) is 5.13. The van der Waals surface area contributed by atoms with Crippen molar-refractivity contribution in [2.75, 3.05) is 6.61 Å². The van der Waals surface area contributed by atoms with E-state index in [4.69, 9.17) is 4.74 Å². The van der Waals surface area contributed by atoms with Gasteiger partial charge < -0.3 is 14.4 Å². The lowest BCUT2D eigenvalue weighted by molar-refractivity contribution is 0.0924. The molecule has 2 heterocycles. The molecule has 0 spiro atoms. The molecule has 0 aliphatic carbocycles. The van der Waals surface area contributed by atoms with Gasteiger partial charge in [-0.2, -0.15) is 14.6 Å². The molecule has 0 aliphatic heterocycles. The fourth-order valence-electron chi connectivity index (χ4n) is 2.26. The van der Waals surface area contributed by atoms with E-state index >= 15 is 0 Å². The maximum atomic E-state index is 12.8. The van der Waals surface area contributed by atoms with Crippen LogP contribution in [0.4, 0.5) is 4.39 Å². The summed E-state index contributed by atoms with van der Waals surface area (Å²) >= 11 is 0. The Morgan fingerprint density at radius 2 is 2.09 bits per heavy atom. The minimum absolute atomic E-state index is 0.0253. The number of aliphatic hydroxyl groups is 1. The van der Waals surface area contributed by atoms with E-state index in [-0.39, 0.29) is 24.5 Å². The van der Waals surface area contributed by atoms with E-state index in [9.17, 15) is 14.3 Å². The number of fused-ring (bicyclic) bond motifs is 1. The SMILES string of the molecule is Cc1cc(=O)n2ncnc2n1CC(O)COc1ccc(F)cc1. The van der Waals surface area contributed by atoms with Gasteiger partial charge in [0.25, 0.3) is 5.56 Å². The number of ether oxygens (including phenoxy) is 1. The molecule has 1 unspecified atom stereocenters. The highest BCUT2D eigenvalue weighted by Gasteiger charge is 2.13. The van der Waals surface area contributed by atoms with Gasteiger partial charge in [0.15, 0.2) is 0 Å². The molecule has 0 radical (unpaired) electrons. The highest BCUT2D eigenvalue weighted by atomic mass is 19.1. The van der Waals surface area contributed by atoms with Gasteiger partial charge in [0.1, 0.15) is 30.6 Å². The second kappa shape index (κ2) is 6.17. The highest BCUT2D eigenvalue weighted by molar-refractivity contribution is 5.29. The number of rotatable bonds is 5. The zero-order valence-corrected chi connectivity index (χ0v) is 12.4. The van der Waals surface area contributed by atoms with E-state index in [0.29, 0.717) is 17.2 Å². The van der Waals surface area contributed by atoms with Crippen molar-refractivity contribution in [3.8, 4) is 5.75 Å². The minimum Gasteiger partial charge on any atom is -0.491 e. The Bertz CT molecular complexity index is 873. The Morgan fingerprint density at radius 1 is 1.35 bits per heavy atom. The van der Waals surface area contributed by atoms with Crippen molar-refractivity contribution in [2.45, 2.75) is 19.6 Å². The summed E-state index contributed by atoms with van der Waals surface area (Å²) in [4.78, 5) is 15.8. The van der Waals surface area contributed by atoms with Crippen LogP contribution < -0.4 is 10.3 Å². The Balaban J connectivity index is 1.73. The molecular weight excluding hydrogens is 303 g/mol. The number of halogens is 1. The number of hydrogen-bond donors (Lipinski definition) is 1. The average Bonchev–Trinajstić information content (AvgIpc) is 3.01. The Morgan fingerprint density at radius 3 is 2.83 bits per heavy atom. The molecule has 1 atom stereocenters. The van der Waals surface area contributed by atoms with Crippen molar-refractivity contribution in [2.24, 2.45) is 0 Å². The molecule has 7 nitrogen and oxygen atoms in total. The smallest absolute Gasteiger partial charge is 0.275 e. The van der Waals surface area contributed by atoms with E-state index in [1.165, 1.54) is 41.2 Å². The summed E-state index contributed by atoms with van der Waals surface area (Å²) < 4.78 is 21.1. The molecule has 0 saturated heterocycles. The van der Waals surface area contributed by atoms with Crippen LogP contribution in [0, 0.1) is 12.7 Å². The van der Waals surface area contributed by atoms with Gasteiger partial charge >= 0.3 is 0 Å². The van der Waals surface area contributed by atoms with Gasteiger partial charge in [-0.05, 0) is 31.2 Å². The van der Waals surface area contributed by atoms with Crippen LogP contribution >= 0.6 is 0 Å². The fourth-order valence-corrected chi connectivity index (χ4v) is 2.26. The quantitative estimate of drug-likeness (QED) is 0.752. The average molecular weight is 318 g/mol. The van der Waals surface area contributed by atoms with Crippen molar-refractivity contribution in [3.05, 3.63) is 58.5 Å². The number of aromatic nitrogens is 4. The van der Waals surface area contributed by atoms with Crippen LogP contribution in [0.1, 0.15) is 5.69 Å². The Labute approximate surface area is 130 Å². The van der Waals surface area contributed by atoms with Crippen LogP contribution in [0.25, 0.3) is 5.78 Å². The van der Waals surface area contributed by atoms with Crippen LogP contribution in [-0.2, 0) is 6.54 Å². The molecule has 3 rings (SSSR count). The molecule has 1 aromatic carbocycles. The van der Waals surface area contributed by atoms with Crippen LogP contribution in [0.15, 0.2) is 41.5 Å². The van der Waals surface area contributed by atoms with Gasteiger partial charge in [-0.25, -0.2) is 4.39 Å². The van der Waals surface area contributed by atoms with Crippen LogP contribution in [0.5, 0.6) is 5.75 Å². The van der Waals surface area contributed by atoms with E-state index in [2.05, 4.69) is 10.1 Å². The van der Waals surface area contributed by atoms with Gasteiger partial charge in [-0.15, -0.1) is 0 Å². The third-order valence-electron chi connectivity index (χ3n) is 3.39. The highest BCUT2D eigenvalue weighted by Crippen LogP contribution is 2.12. The van der Waals surface area contributed by atoms with Crippen molar-refractivity contribution in [3.63, 3.8) is 0 Å². The maximum Gasteiger partial charge on any atom is 0.275 e. The van der Waals surface area contributed by atoms with Gasteiger partial charge in [0.2, 0.25) is 5.78 Å². The first-order chi connectivity index (χ1) is 11.0.